The highest BCUT2D eigenvalue weighted by Crippen LogP contribution is 2.44. The third kappa shape index (κ3) is 33.5. The van der Waals surface area contributed by atoms with E-state index < -0.39 is 71.8 Å². The van der Waals surface area contributed by atoms with Gasteiger partial charge in [0.05, 0.1) is 6.54 Å². The number of benzene rings is 2. The van der Waals surface area contributed by atoms with Crippen LogP contribution in [0.2, 0.25) is 0 Å². The molecular weight excluding hydrogens is 1080 g/mol. The zero-order valence-electron chi connectivity index (χ0n) is 53.0. The van der Waals surface area contributed by atoms with E-state index in [1.165, 1.54) is 127 Å². The Labute approximate surface area is 509 Å². The molecule has 15 nitrogen and oxygen atoms in total. The van der Waals surface area contributed by atoms with Crippen molar-refractivity contribution < 1.29 is 57.2 Å². The SMILES string of the molecule is CCCCCCCCCCCCCCCC(=O)OC[C@H](CSC[C@H](NC(=O)OCC1c2ccccc2-c2ccccc21)C(=O)NCC(=O)N[C@@H](CCC(=O)OC(C)(C)C)C(=O)OC(C)(C)C)OC(=O)CCCCCCCCCCCCCCC. The number of nitrogens with one attached hydrogen (secondary N) is 3. The van der Waals surface area contributed by atoms with Gasteiger partial charge in [-0.25, -0.2) is 9.59 Å². The number of esters is 4. The van der Waals surface area contributed by atoms with Crippen LogP contribution in [0.4, 0.5) is 4.79 Å². The summed E-state index contributed by atoms with van der Waals surface area (Å²) in [4.78, 5) is 93.6. The summed E-state index contributed by atoms with van der Waals surface area (Å²) >= 11 is 1.21. The van der Waals surface area contributed by atoms with E-state index in [0.29, 0.717) is 12.8 Å². The number of hydrogen-bond acceptors (Lipinski definition) is 13. The lowest BCUT2D eigenvalue weighted by Crippen LogP contribution is -2.52. The number of fused-ring (bicyclic) bond motifs is 3. The number of ether oxygens (including phenoxy) is 5. The van der Waals surface area contributed by atoms with Gasteiger partial charge < -0.3 is 39.6 Å². The summed E-state index contributed by atoms with van der Waals surface area (Å²) in [6.45, 7) is 13.9. The zero-order chi connectivity index (χ0) is 61.4. The summed E-state index contributed by atoms with van der Waals surface area (Å²) in [6.07, 6.45) is 29.3. The molecule has 0 radical (unpaired) electrons. The molecule has 0 bridgehead atoms. The maximum Gasteiger partial charge on any atom is 0.407 e. The number of amides is 3. The molecule has 0 aromatic heterocycles. The van der Waals surface area contributed by atoms with E-state index >= 15 is 0 Å². The quantitative estimate of drug-likeness (QED) is 0.0321. The zero-order valence-corrected chi connectivity index (χ0v) is 53.8. The first kappa shape index (κ1) is 73.1. The molecule has 1 aliphatic carbocycles. The highest BCUT2D eigenvalue weighted by molar-refractivity contribution is 7.99. The van der Waals surface area contributed by atoms with Crippen molar-refractivity contribution in [1.29, 1.82) is 0 Å². The van der Waals surface area contributed by atoms with Gasteiger partial charge in [0, 0.05) is 36.7 Å². The first-order chi connectivity index (χ1) is 40.3. The first-order valence-corrected chi connectivity index (χ1v) is 33.5. The maximum atomic E-state index is 14.1. The highest BCUT2D eigenvalue weighted by atomic mass is 32.2. The van der Waals surface area contributed by atoms with Crippen molar-refractivity contribution in [2.75, 3.05) is 31.3 Å². The van der Waals surface area contributed by atoms with Crippen molar-refractivity contribution in [2.45, 2.75) is 283 Å². The molecule has 84 heavy (non-hydrogen) atoms. The number of carbonyl (C=O) groups excluding carboxylic acids is 7. The standard InChI is InChI=1S/C68H109N3O12S/c1-9-11-13-15-17-19-21-23-25-27-29-31-33-43-61(73)79-48-52(81-62(74)44-34-32-30-28-26-24-22-20-18-16-14-12-10-2)50-84-51-59(71-66(78)80-49-57-55-41-37-35-39-53(55)54-40-36-38-42-56(54)57)64(76)69-47-60(72)70-58(65(77)83-68(6,7)8)45-46-63(75)82-67(3,4)5/h35-42,52,57-59H,9-34,43-51H2,1-8H3,(H,69,76)(H,70,72)(H,71,78)/t52-,58+,59+/m1/s1. The number of alkyl carbamates (subject to hydrolysis) is 1. The van der Waals surface area contributed by atoms with Crippen molar-refractivity contribution in [3.63, 3.8) is 0 Å². The minimum atomic E-state index is -1.26. The summed E-state index contributed by atoms with van der Waals surface area (Å²) in [5.74, 6) is -3.73. The molecule has 3 atom stereocenters. The molecule has 0 saturated heterocycles. The summed E-state index contributed by atoms with van der Waals surface area (Å²) < 4.78 is 28.5. The predicted octanol–water partition coefficient (Wildman–Crippen LogP) is 15.1. The summed E-state index contributed by atoms with van der Waals surface area (Å²) in [6, 6.07) is 13.4. The van der Waals surface area contributed by atoms with Crippen molar-refractivity contribution >= 4 is 53.5 Å². The molecule has 16 heteroatoms. The van der Waals surface area contributed by atoms with Crippen LogP contribution in [0.25, 0.3) is 11.1 Å². The lowest BCUT2D eigenvalue weighted by atomic mass is 9.98. The Hall–Kier alpha value is -5.12. The average molecular weight is 1190 g/mol. The van der Waals surface area contributed by atoms with Gasteiger partial charge in [-0.15, -0.1) is 0 Å². The molecule has 2 aromatic carbocycles. The van der Waals surface area contributed by atoms with Gasteiger partial charge in [-0.3, -0.25) is 24.0 Å². The van der Waals surface area contributed by atoms with Crippen LogP contribution in [0.3, 0.4) is 0 Å². The third-order valence-corrected chi connectivity index (χ3v) is 15.9. The molecule has 0 saturated carbocycles. The lowest BCUT2D eigenvalue weighted by Gasteiger charge is -2.25. The molecule has 2 aromatic rings. The Kier molecular flexibility index (Phi) is 37.1. The van der Waals surface area contributed by atoms with E-state index in [0.717, 1.165) is 60.8 Å². The van der Waals surface area contributed by atoms with Crippen LogP contribution in [-0.2, 0) is 52.5 Å². The van der Waals surface area contributed by atoms with Gasteiger partial charge in [0.1, 0.15) is 42.6 Å². The Morgan fingerprint density at radius 1 is 0.500 bits per heavy atom. The topological polar surface area (TPSA) is 202 Å². The van der Waals surface area contributed by atoms with E-state index in [9.17, 15) is 33.6 Å². The van der Waals surface area contributed by atoms with Gasteiger partial charge in [-0.1, -0.05) is 216 Å². The van der Waals surface area contributed by atoms with E-state index in [1.54, 1.807) is 41.5 Å². The van der Waals surface area contributed by atoms with E-state index in [4.69, 9.17) is 23.7 Å². The first-order valence-electron chi connectivity index (χ1n) is 32.4. The Morgan fingerprint density at radius 2 is 0.952 bits per heavy atom. The van der Waals surface area contributed by atoms with Gasteiger partial charge >= 0.3 is 30.0 Å². The van der Waals surface area contributed by atoms with Crippen molar-refractivity contribution in [3.8, 4) is 11.1 Å². The molecule has 3 amide bonds. The fraction of sp³-hybridized carbons (Fsp3) is 0.721. The van der Waals surface area contributed by atoms with Crippen LogP contribution in [0.1, 0.15) is 265 Å². The normalized spacial score (nSPS) is 13.2. The van der Waals surface area contributed by atoms with Crippen molar-refractivity contribution in [3.05, 3.63) is 59.7 Å². The summed E-state index contributed by atoms with van der Waals surface area (Å²) in [5, 5.41) is 7.87. The number of rotatable bonds is 46. The third-order valence-electron chi connectivity index (χ3n) is 14.7. The molecular formula is C68H109N3O12S. The monoisotopic (exact) mass is 1190 g/mol. The maximum absolute atomic E-state index is 14.1. The van der Waals surface area contributed by atoms with E-state index in [-0.39, 0.29) is 62.3 Å². The van der Waals surface area contributed by atoms with Gasteiger partial charge in [0.2, 0.25) is 11.8 Å². The van der Waals surface area contributed by atoms with Crippen LogP contribution < -0.4 is 16.0 Å². The molecule has 0 fully saturated rings. The van der Waals surface area contributed by atoms with Crippen molar-refractivity contribution in [2.24, 2.45) is 0 Å². The van der Waals surface area contributed by atoms with Crippen LogP contribution in [-0.4, -0.2) is 102 Å². The van der Waals surface area contributed by atoms with Crippen LogP contribution in [0.15, 0.2) is 48.5 Å². The molecule has 0 heterocycles. The molecule has 0 spiro atoms. The summed E-state index contributed by atoms with van der Waals surface area (Å²) in [7, 11) is 0. The highest BCUT2D eigenvalue weighted by Gasteiger charge is 2.32. The Bertz CT molecular complexity index is 2180. The van der Waals surface area contributed by atoms with Crippen LogP contribution >= 0.6 is 11.8 Å². The fourth-order valence-electron chi connectivity index (χ4n) is 10.3. The van der Waals surface area contributed by atoms with Gasteiger partial charge in [-0.2, -0.15) is 11.8 Å². The lowest BCUT2D eigenvalue weighted by molar-refractivity contribution is -0.160. The second kappa shape index (κ2) is 42.7. The van der Waals surface area contributed by atoms with Gasteiger partial charge in [-0.05, 0) is 83.1 Å². The Morgan fingerprint density at radius 3 is 1.43 bits per heavy atom. The van der Waals surface area contributed by atoms with Crippen LogP contribution in [0.5, 0.6) is 0 Å². The molecule has 1 aliphatic rings. The predicted molar refractivity (Wildman–Crippen MR) is 337 cm³/mol. The van der Waals surface area contributed by atoms with Crippen molar-refractivity contribution in [1.82, 2.24) is 16.0 Å². The second-order valence-corrected chi connectivity index (χ2v) is 25.9. The average Bonchev–Trinajstić information content (AvgIpc) is 2.01. The molecule has 0 aliphatic heterocycles. The minimum absolute atomic E-state index is 0.0128. The number of unbranched alkanes of at least 4 members (excludes halogenated alkanes) is 24. The molecule has 3 rings (SSSR count). The summed E-state index contributed by atoms with van der Waals surface area (Å²) in [5.41, 5.74) is 2.47. The smallest absolute Gasteiger partial charge is 0.407 e. The van der Waals surface area contributed by atoms with Crippen LogP contribution in [0, 0.1) is 0 Å². The molecule has 3 N–H and O–H groups in total. The van der Waals surface area contributed by atoms with Gasteiger partial charge in [0.15, 0.2) is 0 Å². The second-order valence-electron chi connectivity index (χ2n) is 24.8. The molecule has 0 unspecified atom stereocenters. The minimum Gasteiger partial charge on any atom is -0.462 e. The van der Waals surface area contributed by atoms with E-state index in [2.05, 4.69) is 29.8 Å². The number of thioether (sulfide) groups is 1. The fourth-order valence-corrected chi connectivity index (χ4v) is 11.3. The Balaban J connectivity index is 1.67. The molecule has 474 valence electrons. The number of hydrogen-bond donors (Lipinski definition) is 3. The van der Waals surface area contributed by atoms with Gasteiger partial charge in [0.25, 0.3) is 0 Å². The largest absolute Gasteiger partial charge is 0.462 e. The number of carbonyl (C=O) groups is 7. The van der Waals surface area contributed by atoms with E-state index in [1.807, 2.05) is 48.5 Å².